The molecule has 0 unspecified atom stereocenters. The average Bonchev–Trinajstić information content (AvgIpc) is 3.16. The summed E-state index contributed by atoms with van der Waals surface area (Å²) in [6.45, 7) is 3.38. The monoisotopic (exact) mass is 862 g/mol. The lowest BCUT2D eigenvalue weighted by Crippen LogP contribution is -2.32. The number of nitrogens with one attached hydrogen (secondary N) is 2. The highest BCUT2D eigenvalue weighted by Gasteiger charge is 2.34. The summed E-state index contributed by atoms with van der Waals surface area (Å²) in [5.41, 5.74) is -0.0965. The molecule has 18 nitrogen and oxygen atoms in total. The van der Waals surface area contributed by atoms with Gasteiger partial charge in [0.15, 0.2) is 32.8 Å². The van der Waals surface area contributed by atoms with E-state index < -0.39 is 30.0 Å². The van der Waals surface area contributed by atoms with E-state index in [1.165, 1.54) is 24.3 Å². The minimum absolute atomic E-state index is 0.00137. The van der Waals surface area contributed by atoms with Crippen LogP contribution in [0.25, 0.3) is 0 Å². The Morgan fingerprint density at radius 2 is 0.893 bits per heavy atom. The molecule has 0 saturated heterocycles. The largest absolute Gasteiger partial charge is 0.450 e. The first-order valence-corrected chi connectivity index (χ1v) is 21.4. The first-order chi connectivity index (χ1) is 26.7. The van der Waals surface area contributed by atoms with Crippen molar-refractivity contribution in [2.45, 2.75) is 35.5 Å². The summed E-state index contributed by atoms with van der Waals surface area (Å²) < 4.78 is 84.0. The lowest BCUT2D eigenvalue weighted by Gasteiger charge is -2.25. The van der Waals surface area contributed by atoms with Gasteiger partial charge >= 0.3 is 0 Å². The molecule has 0 fully saturated rings. The molecule has 308 valence electrons. The Kier molecular flexibility index (Phi) is 15.1. The SMILES string of the molecule is O=S(=O)(O)c1c(NCCN(CCCO)CCCO)ccc2c1Oc1c(Cl)c3c(c(Cl)c1=N2)Oc1c(ccc(NCCN(CCCO)CCCO)c1S(=O)(=O)O)N=3. The number of anilines is 2. The van der Waals surface area contributed by atoms with Crippen molar-refractivity contribution in [2.24, 2.45) is 9.98 Å². The van der Waals surface area contributed by atoms with Crippen LogP contribution in [0.15, 0.2) is 44.0 Å². The summed E-state index contributed by atoms with van der Waals surface area (Å²) in [5, 5.41) is 42.3. The van der Waals surface area contributed by atoms with Crippen molar-refractivity contribution in [1.82, 2.24) is 9.80 Å². The van der Waals surface area contributed by atoms with E-state index in [9.17, 15) is 46.4 Å². The van der Waals surface area contributed by atoms with Crippen molar-refractivity contribution in [2.75, 3.05) is 89.4 Å². The Labute approximate surface area is 333 Å². The van der Waals surface area contributed by atoms with Gasteiger partial charge in [-0.3, -0.25) is 9.11 Å². The number of rotatable bonds is 22. The number of halogens is 2. The highest BCUT2D eigenvalue weighted by Crippen LogP contribution is 2.48. The van der Waals surface area contributed by atoms with Gasteiger partial charge in [0.25, 0.3) is 20.2 Å². The van der Waals surface area contributed by atoms with Crippen molar-refractivity contribution in [3.63, 3.8) is 0 Å². The topological polar surface area (TPSA) is 263 Å². The maximum absolute atomic E-state index is 12.8. The molecule has 5 rings (SSSR count). The molecule has 2 heterocycles. The molecule has 56 heavy (non-hydrogen) atoms. The molecule has 0 bridgehead atoms. The van der Waals surface area contributed by atoms with Gasteiger partial charge in [-0.2, -0.15) is 16.8 Å². The summed E-state index contributed by atoms with van der Waals surface area (Å²) in [6.07, 6.45) is 2.02. The van der Waals surface area contributed by atoms with Crippen LogP contribution in [0.2, 0.25) is 10.0 Å². The minimum atomic E-state index is -4.94. The van der Waals surface area contributed by atoms with E-state index in [2.05, 4.69) is 20.6 Å². The molecule has 0 aromatic heterocycles. The predicted octanol–water partition coefficient (Wildman–Crippen LogP) is 2.56. The lowest BCUT2D eigenvalue weighted by atomic mass is 10.2. The van der Waals surface area contributed by atoms with Gasteiger partial charge in [0, 0.05) is 78.8 Å². The molecule has 3 aromatic rings. The molecular weight excluding hydrogens is 819 g/mol. The summed E-state index contributed by atoms with van der Waals surface area (Å²) in [4.78, 5) is 11.7. The number of fused-ring (bicyclic) bond motifs is 4. The van der Waals surface area contributed by atoms with Gasteiger partial charge in [0.1, 0.15) is 32.1 Å². The van der Waals surface area contributed by atoms with Gasteiger partial charge in [-0.05, 0) is 49.9 Å². The molecular formula is C34H44Cl2N6O12S2. The van der Waals surface area contributed by atoms with Gasteiger partial charge < -0.3 is 50.3 Å². The highest BCUT2D eigenvalue weighted by atomic mass is 35.5. The standard InChI is InChI=1S/C34H44Cl2N6O12S2/c35-25-28-32(54-30-22(40-28)6-8-24(34(30)56(50,51)52)38-10-16-42(13-3-19-45)14-4-20-46)26(36)27-31(25)53-29-21(39-27)5-7-23(33(29)55(47,48)49)37-9-15-41(11-1-17-43)12-2-18-44/h5-8,37-38,43-46H,1-4,9-20H2,(H,47,48,49)(H,50,51,52). The van der Waals surface area contributed by atoms with Gasteiger partial charge in [-0.15, -0.1) is 0 Å². The van der Waals surface area contributed by atoms with E-state index in [1.54, 1.807) is 0 Å². The van der Waals surface area contributed by atoms with Crippen LogP contribution in [-0.4, -0.2) is 135 Å². The van der Waals surface area contributed by atoms with E-state index in [4.69, 9.17) is 32.7 Å². The van der Waals surface area contributed by atoms with Crippen LogP contribution in [-0.2, 0) is 20.2 Å². The van der Waals surface area contributed by atoms with Crippen molar-refractivity contribution >= 4 is 66.2 Å². The molecule has 0 spiro atoms. The number of aliphatic hydroxyl groups excluding tert-OH is 4. The fourth-order valence-electron chi connectivity index (χ4n) is 6.27. The maximum atomic E-state index is 12.8. The molecule has 8 N–H and O–H groups in total. The van der Waals surface area contributed by atoms with Crippen LogP contribution in [0.5, 0.6) is 23.0 Å². The number of hydrogen-bond acceptors (Lipinski definition) is 16. The number of nitrogens with zero attached hydrogens (tertiary/aromatic N) is 4. The number of ether oxygens (including phenoxy) is 2. The Bertz CT molecular complexity index is 2080. The van der Waals surface area contributed by atoms with Gasteiger partial charge in [-0.1, -0.05) is 23.2 Å². The third kappa shape index (κ3) is 10.2. The van der Waals surface area contributed by atoms with Crippen LogP contribution < -0.4 is 30.8 Å². The third-order valence-corrected chi connectivity index (χ3v) is 11.4. The molecule has 0 atom stereocenters. The van der Waals surface area contributed by atoms with Gasteiger partial charge in [0.05, 0.1) is 11.4 Å². The second kappa shape index (κ2) is 19.4. The number of benzene rings is 3. The zero-order valence-corrected chi connectivity index (χ0v) is 33.3. The van der Waals surface area contributed by atoms with Gasteiger partial charge in [0.2, 0.25) is 0 Å². The first-order valence-electron chi connectivity index (χ1n) is 17.7. The first kappa shape index (κ1) is 43.7. The minimum Gasteiger partial charge on any atom is -0.450 e. The lowest BCUT2D eigenvalue weighted by molar-refractivity contribution is 0.205. The predicted molar refractivity (Wildman–Crippen MR) is 207 cm³/mol. The molecule has 0 amide bonds. The maximum Gasteiger partial charge on any atom is 0.300 e. The smallest absolute Gasteiger partial charge is 0.300 e. The zero-order chi connectivity index (χ0) is 40.6. The van der Waals surface area contributed by atoms with Crippen LogP contribution >= 0.6 is 23.2 Å². The summed E-state index contributed by atoms with van der Waals surface area (Å²) >= 11 is 13.6. The number of hydrogen-bond donors (Lipinski definition) is 8. The summed E-state index contributed by atoms with van der Waals surface area (Å²) in [7, 11) is -9.88. The molecule has 2 aliphatic heterocycles. The molecule has 2 aliphatic rings. The van der Waals surface area contributed by atoms with Crippen molar-refractivity contribution in [1.29, 1.82) is 0 Å². The molecule has 0 radical (unpaired) electrons. The zero-order valence-electron chi connectivity index (χ0n) is 30.1. The highest BCUT2D eigenvalue weighted by molar-refractivity contribution is 7.86. The van der Waals surface area contributed by atoms with Crippen molar-refractivity contribution < 1.29 is 55.8 Å². The van der Waals surface area contributed by atoms with E-state index in [-0.39, 0.29) is 106 Å². The fraction of sp³-hybridized carbons (Fsp3) is 0.471. The van der Waals surface area contributed by atoms with Crippen molar-refractivity contribution in [3.05, 3.63) is 45.0 Å². The Balaban J connectivity index is 1.49. The van der Waals surface area contributed by atoms with Crippen LogP contribution in [0.1, 0.15) is 25.7 Å². The van der Waals surface area contributed by atoms with E-state index in [0.717, 1.165) is 0 Å². The van der Waals surface area contributed by atoms with E-state index in [0.29, 0.717) is 65.0 Å². The second-order valence-corrected chi connectivity index (χ2v) is 16.3. The quantitative estimate of drug-likeness (QED) is 0.0465. The normalized spacial score (nSPS) is 13.2. The fourth-order valence-corrected chi connectivity index (χ4v) is 8.38. The average molecular weight is 864 g/mol. The van der Waals surface area contributed by atoms with E-state index in [1.807, 2.05) is 9.80 Å². The third-order valence-electron chi connectivity index (χ3n) is 8.83. The molecule has 22 heteroatoms. The second-order valence-electron chi connectivity index (χ2n) is 12.8. The number of aliphatic hydroxyl groups is 4. The summed E-state index contributed by atoms with van der Waals surface area (Å²) in [5.74, 6) is -1.15. The van der Waals surface area contributed by atoms with Crippen LogP contribution in [0.4, 0.5) is 22.7 Å². The molecule has 0 saturated carbocycles. The summed E-state index contributed by atoms with van der Waals surface area (Å²) in [6, 6.07) is 5.62. The van der Waals surface area contributed by atoms with E-state index >= 15 is 0 Å². The Morgan fingerprint density at radius 3 is 1.20 bits per heavy atom. The molecule has 3 aromatic carbocycles. The van der Waals surface area contributed by atoms with Gasteiger partial charge in [-0.25, -0.2) is 9.98 Å². The Morgan fingerprint density at radius 1 is 0.554 bits per heavy atom. The Hall–Kier alpha value is -3.38. The molecule has 0 aliphatic carbocycles. The van der Waals surface area contributed by atoms with Crippen LogP contribution in [0, 0.1) is 0 Å². The van der Waals surface area contributed by atoms with Crippen molar-refractivity contribution in [3.8, 4) is 23.0 Å². The van der Waals surface area contributed by atoms with Crippen LogP contribution in [0.3, 0.4) is 0 Å².